The topological polar surface area (TPSA) is 91.4 Å². The first-order valence-corrected chi connectivity index (χ1v) is 10.0. The van der Waals surface area contributed by atoms with E-state index in [4.69, 9.17) is 9.88 Å². The number of benzene rings is 2. The second kappa shape index (κ2) is 7.76. The quantitative estimate of drug-likeness (QED) is 0.621. The van der Waals surface area contributed by atoms with E-state index in [1.807, 2.05) is 0 Å². The minimum absolute atomic E-state index is 0.0114. The van der Waals surface area contributed by atoms with Crippen LogP contribution in [0.1, 0.15) is 27.3 Å². The molecule has 1 aromatic heterocycles. The predicted octanol–water partition coefficient (Wildman–Crippen LogP) is 2.78. The number of ketones is 1. The molecule has 2 N–H and O–H groups in total. The Balaban J connectivity index is 1.91. The molecule has 0 unspecified atom stereocenters. The van der Waals surface area contributed by atoms with Crippen molar-refractivity contribution in [2.45, 2.75) is 11.3 Å². The summed E-state index contributed by atoms with van der Waals surface area (Å²) in [7, 11) is -0.939. The van der Waals surface area contributed by atoms with E-state index in [0.717, 1.165) is 12.1 Å². The van der Waals surface area contributed by atoms with Crippen LogP contribution in [0.2, 0.25) is 0 Å². The second-order valence-corrected chi connectivity index (χ2v) is 7.99. The van der Waals surface area contributed by atoms with Crippen LogP contribution in [0.4, 0.5) is 8.78 Å². The molecule has 3 rings (SSSR count). The molecule has 0 fully saturated rings. The van der Waals surface area contributed by atoms with Crippen molar-refractivity contribution in [3.63, 3.8) is 0 Å². The van der Waals surface area contributed by atoms with Gasteiger partial charge in [0.1, 0.15) is 17.4 Å². The maximum absolute atomic E-state index is 14.5. The third-order valence-corrected chi connectivity index (χ3v) is 5.51. The molecule has 0 saturated heterocycles. The normalized spacial score (nSPS) is 11.5. The van der Waals surface area contributed by atoms with E-state index in [1.165, 1.54) is 55.1 Å². The van der Waals surface area contributed by atoms with E-state index in [1.54, 1.807) is 0 Å². The van der Waals surface area contributed by atoms with Crippen LogP contribution in [-0.2, 0) is 23.5 Å². The number of carbonyl (C=O) groups excluding carboxylic acids is 1. The largest absolute Gasteiger partial charge is 0.497 e. The number of aromatic nitrogens is 1. The van der Waals surface area contributed by atoms with Crippen molar-refractivity contribution in [1.29, 1.82) is 0 Å². The number of nitrogens with zero attached hydrogens (tertiary/aromatic N) is 1. The van der Waals surface area contributed by atoms with E-state index < -0.39 is 27.4 Å². The number of methoxy groups -OCH3 is 1. The summed E-state index contributed by atoms with van der Waals surface area (Å²) < 4.78 is 57.7. The van der Waals surface area contributed by atoms with Gasteiger partial charge in [0.2, 0.25) is 15.8 Å². The lowest BCUT2D eigenvalue weighted by molar-refractivity contribution is 0.102. The van der Waals surface area contributed by atoms with Crippen LogP contribution in [0.3, 0.4) is 0 Å². The van der Waals surface area contributed by atoms with Crippen LogP contribution in [-0.4, -0.2) is 25.9 Å². The lowest BCUT2D eigenvalue weighted by atomic mass is 10.1. The number of nitrogens with two attached hydrogens (primary N) is 1. The van der Waals surface area contributed by atoms with Crippen molar-refractivity contribution >= 4 is 15.8 Å². The van der Waals surface area contributed by atoms with Gasteiger partial charge in [0.05, 0.1) is 29.0 Å². The summed E-state index contributed by atoms with van der Waals surface area (Å²) in [6.07, 6.45) is 0.103. The average Bonchev–Trinajstić information content (AvgIpc) is 2.95. The molecule has 1 heterocycles. The Hall–Kier alpha value is -3.04. The zero-order valence-electron chi connectivity index (χ0n) is 15.6. The van der Waals surface area contributed by atoms with Crippen molar-refractivity contribution in [2.24, 2.45) is 12.2 Å². The highest BCUT2D eigenvalue weighted by Gasteiger charge is 2.22. The lowest BCUT2D eigenvalue weighted by Gasteiger charge is -2.09. The molecular formula is C20H18F2N2O4S. The van der Waals surface area contributed by atoms with Gasteiger partial charge >= 0.3 is 0 Å². The minimum Gasteiger partial charge on any atom is -0.497 e. The molecule has 0 spiro atoms. The fourth-order valence-electron chi connectivity index (χ4n) is 2.96. The van der Waals surface area contributed by atoms with Crippen molar-refractivity contribution < 1.29 is 26.7 Å². The summed E-state index contributed by atoms with van der Waals surface area (Å²) in [5, 5.41) is 5.06. The van der Waals surface area contributed by atoms with Crippen LogP contribution in [0, 0.1) is 11.6 Å². The Morgan fingerprint density at radius 3 is 2.28 bits per heavy atom. The van der Waals surface area contributed by atoms with Crippen LogP contribution in [0.25, 0.3) is 0 Å². The van der Waals surface area contributed by atoms with Gasteiger partial charge in [0.15, 0.2) is 0 Å². The maximum atomic E-state index is 14.5. The van der Waals surface area contributed by atoms with Gasteiger partial charge in [-0.3, -0.25) is 4.79 Å². The SMILES string of the molecule is COc1ccc(C(=O)c2cc(F)c(Cc3ccc(S(N)(=O)=O)cc3)n2C)c(F)c1. The predicted molar refractivity (Wildman–Crippen MR) is 102 cm³/mol. The summed E-state index contributed by atoms with van der Waals surface area (Å²) in [5.41, 5.74) is 0.607. The molecule has 2 aromatic carbocycles. The van der Waals surface area contributed by atoms with Gasteiger partial charge in [-0.25, -0.2) is 22.3 Å². The van der Waals surface area contributed by atoms with Gasteiger partial charge in [0, 0.05) is 25.6 Å². The Morgan fingerprint density at radius 1 is 1.07 bits per heavy atom. The first kappa shape index (κ1) is 20.7. The first-order chi connectivity index (χ1) is 13.6. The van der Waals surface area contributed by atoms with Gasteiger partial charge in [0.25, 0.3) is 0 Å². The number of ether oxygens (including phenoxy) is 1. The Labute approximate surface area is 166 Å². The van der Waals surface area contributed by atoms with Crippen LogP contribution in [0.15, 0.2) is 53.4 Å². The molecule has 152 valence electrons. The number of primary sulfonamides is 1. The molecule has 0 aliphatic rings. The van der Waals surface area contributed by atoms with Crippen LogP contribution in [0.5, 0.6) is 5.75 Å². The molecule has 0 aliphatic heterocycles. The number of sulfonamides is 1. The highest BCUT2D eigenvalue weighted by molar-refractivity contribution is 7.89. The van der Waals surface area contributed by atoms with Crippen molar-refractivity contribution in [1.82, 2.24) is 4.57 Å². The van der Waals surface area contributed by atoms with E-state index in [2.05, 4.69) is 0 Å². The van der Waals surface area contributed by atoms with E-state index in [9.17, 15) is 22.0 Å². The summed E-state index contributed by atoms with van der Waals surface area (Å²) in [6, 6.07) is 10.5. The molecule has 0 amide bonds. The monoisotopic (exact) mass is 420 g/mol. The molecule has 0 radical (unpaired) electrons. The number of halogens is 2. The first-order valence-electron chi connectivity index (χ1n) is 8.46. The molecule has 0 saturated carbocycles. The van der Waals surface area contributed by atoms with Gasteiger partial charge in [-0.15, -0.1) is 0 Å². The third-order valence-electron chi connectivity index (χ3n) is 4.58. The smallest absolute Gasteiger partial charge is 0.238 e. The second-order valence-electron chi connectivity index (χ2n) is 6.42. The fourth-order valence-corrected chi connectivity index (χ4v) is 3.48. The molecule has 3 aromatic rings. The molecule has 0 bridgehead atoms. The molecule has 6 nitrogen and oxygen atoms in total. The number of hydrogen-bond acceptors (Lipinski definition) is 4. The van der Waals surface area contributed by atoms with Gasteiger partial charge in [-0.2, -0.15) is 0 Å². The third kappa shape index (κ3) is 4.20. The van der Waals surface area contributed by atoms with E-state index in [0.29, 0.717) is 5.56 Å². The van der Waals surface area contributed by atoms with Crippen LogP contribution >= 0.6 is 0 Å². The van der Waals surface area contributed by atoms with Crippen molar-refractivity contribution in [3.05, 3.63) is 82.7 Å². The van der Waals surface area contributed by atoms with Gasteiger partial charge < -0.3 is 9.30 Å². The van der Waals surface area contributed by atoms with E-state index in [-0.39, 0.29) is 34.0 Å². The average molecular weight is 420 g/mol. The Morgan fingerprint density at radius 2 is 1.72 bits per heavy atom. The highest BCUT2D eigenvalue weighted by atomic mass is 32.2. The maximum Gasteiger partial charge on any atom is 0.238 e. The van der Waals surface area contributed by atoms with Gasteiger partial charge in [-0.1, -0.05) is 12.1 Å². The lowest BCUT2D eigenvalue weighted by Crippen LogP contribution is -2.12. The minimum atomic E-state index is -3.82. The molecule has 9 heteroatoms. The molecule has 0 aliphatic carbocycles. The summed E-state index contributed by atoms with van der Waals surface area (Å²) >= 11 is 0. The highest BCUT2D eigenvalue weighted by Crippen LogP contribution is 2.23. The Kier molecular flexibility index (Phi) is 5.54. The van der Waals surface area contributed by atoms with Gasteiger partial charge in [-0.05, 0) is 29.8 Å². The fraction of sp³-hybridized carbons (Fsp3) is 0.150. The zero-order chi connectivity index (χ0) is 21.3. The summed E-state index contributed by atoms with van der Waals surface area (Å²) in [4.78, 5) is 12.7. The number of rotatable bonds is 6. The number of carbonyl (C=O) groups is 1. The molecular weight excluding hydrogens is 402 g/mol. The zero-order valence-corrected chi connectivity index (χ0v) is 16.5. The summed E-state index contributed by atoms with van der Waals surface area (Å²) in [5.74, 6) is -1.79. The standard InChI is InChI=1S/C20H18F2N2O4S/c1-24-18(9-12-3-6-14(7-4-12)29(23,26)27)17(22)11-19(24)20(25)15-8-5-13(28-2)10-16(15)21/h3-8,10-11H,9H2,1-2H3,(H2,23,26,27). The molecule has 29 heavy (non-hydrogen) atoms. The number of hydrogen-bond donors (Lipinski definition) is 1. The van der Waals surface area contributed by atoms with Crippen molar-refractivity contribution in [3.8, 4) is 5.75 Å². The Bertz CT molecular complexity index is 1190. The van der Waals surface area contributed by atoms with E-state index >= 15 is 0 Å². The summed E-state index contributed by atoms with van der Waals surface area (Å²) in [6.45, 7) is 0. The van der Waals surface area contributed by atoms with Crippen LogP contribution < -0.4 is 9.88 Å². The van der Waals surface area contributed by atoms with Crippen molar-refractivity contribution in [2.75, 3.05) is 7.11 Å². The molecule has 0 atom stereocenters.